The molecule has 2 saturated heterocycles. The highest BCUT2D eigenvalue weighted by Gasteiger charge is 2.47. The average Bonchev–Trinajstić information content (AvgIpc) is 2.54. The van der Waals surface area contributed by atoms with Gasteiger partial charge in [-0.05, 0) is 25.7 Å². The highest BCUT2D eigenvalue weighted by molar-refractivity contribution is 4.91. The Morgan fingerprint density at radius 2 is 1.50 bits per heavy atom. The van der Waals surface area contributed by atoms with E-state index in [0.29, 0.717) is 18.4 Å². The molecule has 6 nitrogen and oxygen atoms in total. The maximum absolute atomic E-state index is 10.6. The highest BCUT2D eigenvalue weighted by atomic mass is 16.7. The summed E-state index contributed by atoms with van der Waals surface area (Å²) in [6.07, 6.45) is -1.83. The summed E-state index contributed by atoms with van der Waals surface area (Å²) in [7, 11) is 3.19. The molecular weight excluding hydrogens is 312 g/mol. The maximum Gasteiger partial charge on any atom is 0.163 e. The molecule has 0 saturated carbocycles. The molecule has 2 aliphatic rings. The maximum atomic E-state index is 10.6. The molecule has 0 bridgehead atoms. The molecule has 2 heterocycles. The molecule has 24 heavy (non-hydrogen) atoms. The monoisotopic (exact) mass is 346 g/mol. The van der Waals surface area contributed by atoms with Gasteiger partial charge in [-0.25, -0.2) is 0 Å². The third kappa shape index (κ3) is 3.94. The van der Waals surface area contributed by atoms with Gasteiger partial charge in [-0.3, -0.25) is 0 Å². The summed E-state index contributed by atoms with van der Waals surface area (Å²) >= 11 is 0. The summed E-state index contributed by atoms with van der Waals surface area (Å²) in [5.41, 5.74) is 0. The minimum Gasteiger partial charge on any atom is -0.390 e. The van der Waals surface area contributed by atoms with Gasteiger partial charge >= 0.3 is 0 Å². The topological polar surface area (TPSA) is 66.4 Å². The van der Waals surface area contributed by atoms with Crippen molar-refractivity contribution in [2.45, 2.75) is 77.5 Å². The van der Waals surface area contributed by atoms with E-state index in [1.54, 1.807) is 14.2 Å². The van der Waals surface area contributed by atoms with Gasteiger partial charge in [-0.1, -0.05) is 20.8 Å². The largest absolute Gasteiger partial charge is 0.390 e. The molecule has 4 unspecified atom stereocenters. The number of aliphatic hydroxyl groups is 1. The van der Waals surface area contributed by atoms with E-state index in [2.05, 4.69) is 20.8 Å². The van der Waals surface area contributed by atoms with Crippen molar-refractivity contribution in [3.05, 3.63) is 0 Å². The SMILES string of the molecule is COC[C@@H]1O[C@@H](O[C@@H]2C(C)O[C@@H](C)C(C)[C@H]2C)C(C)C(O)[C@H]1OC. The predicted molar refractivity (Wildman–Crippen MR) is 89.7 cm³/mol. The van der Waals surface area contributed by atoms with Crippen LogP contribution in [0.25, 0.3) is 0 Å². The lowest BCUT2D eigenvalue weighted by Crippen LogP contribution is -2.58. The van der Waals surface area contributed by atoms with Gasteiger partial charge in [0.25, 0.3) is 0 Å². The quantitative estimate of drug-likeness (QED) is 0.819. The Morgan fingerprint density at radius 3 is 2.08 bits per heavy atom. The van der Waals surface area contributed by atoms with Gasteiger partial charge in [0.15, 0.2) is 6.29 Å². The minimum atomic E-state index is -0.666. The molecular formula is C18H34O6. The number of hydrogen-bond donors (Lipinski definition) is 1. The summed E-state index contributed by atoms with van der Waals surface area (Å²) in [4.78, 5) is 0. The van der Waals surface area contributed by atoms with Crippen LogP contribution in [0.5, 0.6) is 0 Å². The normalized spacial score (nSPS) is 50.0. The van der Waals surface area contributed by atoms with E-state index in [4.69, 9.17) is 23.7 Å². The first kappa shape index (κ1) is 20.1. The van der Waals surface area contributed by atoms with Crippen LogP contribution in [-0.2, 0) is 23.7 Å². The van der Waals surface area contributed by atoms with Gasteiger partial charge < -0.3 is 28.8 Å². The Balaban J connectivity index is 2.10. The van der Waals surface area contributed by atoms with E-state index >= 15 is 0 Å². The molecule has 2 rings (SSSR count). The first-order valence-electron chi connectivity index (χ1n) is 8.97. The number of hydrogen-bond acceptors (Lipinski definition) is 6. The van der Waals surface area contributed by atoms with Gasteiger partial charge in [-0.2, -0.15) is 0 Å². The second-order valence-electron chi connectivity index (χ2n) is 7.41. The fourth-order valence-corrected chi connectivity index (χ4v) is 3.88. The Labute approximate surface area is 145 Å². The lowest BCUT2D eigenvalue weighted by atomic mass is 9.82. The summed E-state index contributed by atoms with van der Waals surface area (Å²) in [5, 5.41) is 10.6. The molecule has 142 valence electrons. The van der Waals surface area contributed by atoms with E-state index in [-0.39, 0.29) is 30.3 Å². The third-order valence-corrected chi connectivity index (χ3v) is 5.85. The van der Waals surface area contributed by atoms with Gasteiger partial charge in [-0.15, -0.1) is 0 Å². The zero-order valence-corrected chi connectivity index (χ0v) is 16.0. The van der Waals surface area contributed by atoms with Crippen molar-refractivity contribution in [3.8, 4) is 0 Å². The molecule has 0 aromatic rings. The van der Waals surface area contributed by atoms with Gasteiger partial charge in [0.2, 0.25) is 0 Å². The summed E-state index contributed by atoms with van der Waals surface area (Å²) < 4.78 is 29.0. The fourth-order valence-electron chi connectivity index (χ4n) is 3.88. The first-order chi connectivity index (χ1) is 11.3. The third-order valence-electron chi connectivity index (χ3n) is 5.85. The molecule has 0 aromatic heterocycles. The first-order valence-corrected chi connectivity index (χ1v) is 8.97. The highest BCUT2D eigenvalue weighted by Crippen LogP contribution is 2.36. The number of aliphatic hydroxyl groups excluding tert-OH is 1. The van der Waals surface area contributed by atoms with E-state index in [1.165, 1.54) is 0 Å². The lowest BCUT2D eigenvalue weighted by molar-refractivity contribution is -0.319. The Hall–Kier alpha value is -0.240. The van der Waals surface area contributed by atoms with E-state index in [9.17, 15) is 5.11 Å². The fraction of sp³-hybridized carbons (Fsp3) is 1.00. The average molecular weight is 346 g/mol. The van der Waals surface area contributed by atoms with Crippen molar-refractivity contribution < 1.29 is 28.8 Å². The number of methoxy groups -OCH3 is 2. The van der Waals surface area contributed by atoms with Crippen LogP contribution in [0.3, 0.4) is 0 Å². The molecule has 2 fully saturated rings. The van der Waals surface area contributed by atoms with Crippen LogP contribution in [0.4, 0.5) is 0 Å². The zero-order valence-electron chi connectivity index (χ0n) is 16.0. The van der Waals surface area contributed by atoms with Crippen LogP contribution in [0.1, 0.15) is 34.6 Å². The second-order valence-corrected chi connectivity index (χ2v) is 7.41. The van der Waals surface area contributed by atoms with Crippen LogP contribution in [0.15, 0.2) is 0 Å². The molecule has 2 aliphatic heterocycles. The van der Waals surface area contributed by atoms with Crippen LogP contribution < -0.4 is 0 Å². The van der Waals surface area contributed by atoms with Crippen molar-refractivity contribution in [3.63, 3.8) is 0 Å². The Bertz CT molecular complexity index is 392. The van der Waals surface area contributed by atoms with E-state index < -0.39 is 18.5 Å². The minimum absolute atomic E-state index is 0.0137. The summed E-state index contributed by atoms with van der Waals surface area (Å²) in [5.74, 6) is 0.548. The van der Waals surface area contributed by atoms with Crippen molar-refractivity contribution in [2.75, 3.05) is 20.8 Å². The predicted octanol–water partition coefficient (Wildman–Crippen LogP) is 1.83. The van der Waals surface area contributed by atoms with Crippen molar-refractivity contribution in [2.24, 2.45) is 17.8 Å². The molecule has 0 aliphatic carbocycles. The molecule has 0 aromatic carbocycles. The molecule has 10 atom stereocenters. The van der Waals surface area contributed by atoms with Gasteiger partial charge in [0.1, 0.15) is 12.2 Å². The summed E-state index contributed by atoms with van der Waals surface area (Å²) in [6.45, 7) is 10.8. The molecule has 0 amide bonds. The second kappa shape index (κ2) is 8.43. The molecule has 0 radical (unpaired) electrons. The molecule has 0 spiro atoms. The number of rotatable bonds is 5. The van der Waals surface area contributed by atoms with Crippen molar-refractivity contribution in [1.82, 2.24) is 0 Å². The lowest BCUT2D eigenvalue weighted by Gasteiger charge is -2.47. The molecule has 6 heteroatoms. The zero-order chi connectivity index (χ0) is 18.0. The summed E-state index contributed by atoms with van der Waals surface area (Å²) in [6, 6.07) is 0. The van der Waals surface area contributed by atoms with E-state index in [0.717, 1.165) is 0 Å². The van der Waals surface area contributed by atoms with Crippen molar-refractivity contribution in [1.29, 1.82) is 0 Å². The van der Waals surface area contributed by atoms with Crippen LogP contribution in [-0.4, -0.2) is 68.8 Å². The van der Waals surface area contributed by atoms with Gasteiger partial charge in [0.05, 0.1) is 31.0 Å². The van der Waals surface area contributed by atoms with Gasteiger partial charge in [0, 0.05) is 20.1 Å². The standard InChI is InChI=1S/C18H34O6/c1-9-10(2)16(13(5)22-12(9)4)24-18-11(3)15(19)17(21-7)14(23-18)8-20-6/h9-19H,8H2,1-7H3/t9?,10-,11?,12+,13?,14+,15?,16+,17+,18+/m1/s1. The van der Waals surface area contributed by atoms with Crippen LogP contribution in [0.2, 0.25) is 0 Å². The number of ether oxygens (including phenoxy) is 5. The Kier molecular flexibility index (Phi) is 7.05. The van der Waals surface area contributed by atoms with Crippen LogP contribution >= 0.6 is 0 Å². The molecule has 1 N–H and O–H groups in total. The Morgan fingerprint density at radius 1 is 0.833 bits per heavy atom. The van der Waals surface area contributed by atoms with Crippen molar-refractivity contribution >= 4 is 0 Å². The van der Waals surface area contributed by atoms with Crippen LogP contribution in [0, 0.1) is 17.8 Å². The van der Waals surface area contributed by atoms with E-state index in [1.807, 2.05) is 13.8 Å². The smallest absolute Gasteiger partial charge is 0.163 e.